The Bertz CT molecular complexity index is 1110. The number of carbonyl (C=O) groups excluding carboxylic acids is 1. The molecular weight excluding hydrogens is 348 g/mol. The largest absolute Gasteiger partial charge is 0.453 e. The minimum atomic E-state index is -0.682. The number of esters is 1. The fraction of sp³-hybridized carbons (Fsp3) is 0.235. The molecule has 0 amide bonds. The molecule has 0 N–H and O–H groups in total. The van der Waals surface area contributed by atoms with Gasteiger partial charge >= 0.3 is 11.7 Å². The SMILES string of the molecule is Cc1c(C(=O)OCc2cc(=O)n(C)c(=O)n2C)oc2ccc(Cl)cc12. The summed E-state index contributed by atoms with van der Waals surface area (Å²) in [6, 6.07) is 6.29. The summed E-state index contributed by atoms with van der Waals surface area (Å²) in [5.74, 6) is -0.621. The Morgan fingerprint density at radius 1 is 1.20 bits per heavy atom. The monoisotopic (exact) mass is 362 g/mol. The van der Waals surface area contributed by atoms with Crippen molar-refractivity contribution in [3.05, 3.63) is 67.1 Å². The lowest BCUT2D eigenvalue weighted by molar-refractivity contribution is 0.0427. The molecule has 0 bridgehead atoms. The van der Waals surface area contributed by atoms with Gasteiger partial charge < -0.3 is 9.15 Å². The van der Waals surface area contributed by atoms with Gasteiger partial charge in [0.2, 0.25) is 5.76 Å². The van der Waals surface area contributed by atoms with Gasteiger partial charge in [0.25, 0.3) is 5.56 Å². The van der Waals surface area contributed by atoms with Gasteiger partial charge in [-0.3, -0.25) is 13.9 Å². The summed E-state index contributed by atoms with van der Waals surface area (Å²) in [5, 5.41) is 1.26. The lowest BCUT2D eigenvalue weighted by Gasteiger charge is -2.09. The van der Waals surface area contributed by atoms with Gasteiger partial charge in [-0.1, -0.05) is 11.6 Å². The smallest absolute Gasteiger partial charge is 0.374 e. The summed E-state index contributed by atoms with van der Waals surface area (Å²) < 4.78 is 13.0. The zero-order chi connectivity index (χ0) is 18.3. The van der Waals surface area contributed by atoms with Crippen molar-refractivity contribution < 1.29 is 13.9 Å². The van der Waals surface area contributed by atoms with Crippen LogP contribution in [0.5, 0.6) is 0 Å². The molecule has 0 aliphatic rings. The normalized spacial score (nSPS) is 11.0. The van der Waals surface area contributed by atoms with Crippen LogP contribution in [0.2, 0.25) is 5.02 Å². The first-order valence-electron chi connectivity index (χ1n) is 7.41. The van der Waals surface area contributed by atoms with Crippen molar-refractivity contribution in [2.45, 2.75) is 13.5 Å². The molecule has 1 aromatic carbocycles. The van der Waals surface area contributed by atoms with Crippen LogP contribution in [0.25, 0.3) is 11.0 Å². The Morgan fingerprint density at radius 3 is 2.64 bits per heavy atom. The molecule has 0 aliphatic carbocycles. The number of aromatic nitrogens is 2. The van der Waals surface area contributed by atoms with E-state index in [1.165, 1.54) is 24.7 Å². The van der Waals surface area contributed by atoms with Crippen LogP contribution in [0.4, 0.5) is 0 Å². The molecule has 0 spiro atoms. The van der Waals surface area contributed by atoms with E-state index in [1.807, 2.05) is 0 Å². The van der Waals surface area contributed by atoms with Gasteiger partial charge in [-0.25, -0.2) is 9.59 Å². The van der Waals surface area contributed by atoms with Crippen LogP contribution in [0.3, 0.4) is 0 Å². The van der Waals surface area contributed by atoms with Gasteiger partial charge in [0, 0.05) is 36.1 Å². The summed E-state index contributed by atoms with van der Waals surface area (Å²) in [7, 11) is 2.88. The Hall–Kier alpha value is -2.80. The van der Waals surface area contributed by atoms with Crippen LogP contribution >= 0.6 is 11.6 Å². The molecule has 7 nitrogen and oxygen atoms in total. The molecule has 0 radical (unpaired) electrons. The van der Waals surface area contributed by atoms with E-state index >= 15 is 0 Å². The highest BCUT2D eigenvalue weighted by Gasteiger charge is 2.20. The van der Waals surface area contributed by atoms with Gasteiger partial charge in [-0.05, 0) is 25.1 Å². The van der Waals surface area contributed by atoms with E-state index in [0.717, 1.165) is 9.95 Å². The number of carbonyl (C=O) groups is 1. The molecule has 0 saturated heterocycles. The van der Waals surface area contributed by atoms with Gasteiger partial charge in [0.05, 0.1) is 5.69 Å². The third-order valence-corrected chi connectivity index (χ3v) is 4.30. The number of aryl methyl sites for hydroxylation is 1. The van der Waals surface area contributed by atoms with E-state index in [9.17, 15) is 14.4 Å². The Kier molecular flexibility index (Phi) is 4.26. The first-order valence-corrected chi connectivity index (χ1v) is 7.79. The Balaban J connectivity index is 1.88. The molecule has 0 atom stereocenters. The number of fused-ring (bicyclic) bond motifs is 1. The molecular formula is C17H15ClN2O5. The van der Waals surface area contributed by atoms with Crippen molar-refractivity contribution in [3.8, 4) is 0 Å². The maximum Gasteiger partial charge on any atom is 0.374 e. The van der Waals surface area contributed by atoms with E-state index in [1.54, 1.807) is 25.1 Å². The van der Waals surface area contributed by atoms with Gasteiger partial charge in [0.1, 0.15) is 12.2 Å². The molecule has 3 rings (SSSR count). The second-order valence-electron chi connectivity index (χ2n) is 5.65. The van der Waals surface area contributed by atoms with Crippen molar-refractivity contribution in [1.82, 2.24) is 9.13 Å². The molecule has 25 heavy (non-hydrogen) atoms. The second kappa shape index (κ2) is 6.25. The maximum atomic E-state index is 12.3. The fourth-order valence-corrected chi connectivity index (χ4v) is 2.68. The maximum absolute atomic E-state index is 12.3. The number of furan rings is 1. The third-order valence-electron chi connectivity index (χ3n) is 4.06. The number of ether oxygens (including phenoxy) is 1. The quantitative estimate of drug-likeness (QED) is 0.667. The lowest BCUT2D eigenvalue weighted by atomic mass is 10.1. The van der Waals surface area contributed by atoms with Crippen LogP contribution in [0, 0.1) is 6.92 Å². The molecule has 130 valence electrons. The molecule has 2 aromatic heterocycles. The van der Waals surface area contributed by atoms with Crippen LogP contribution in [0.15, 0.2) is 38.3 Å². The summed E-state index contributed by atoms with van der Waals surface area (Å²) in [5.41, 5.74) is 0.463. The van der Waals surface area contributed by atoms with Gasteiger partial charge in [-0.2, -0.15) is 0 Å². The fourth-order valence-electron chi connectivity index (χ4n) is 2.51. The zero-order valence-electron chi connectivity index (χ0n) is 13.8. The van der Waals surface area contributed by atoms with Gasteiger partial charge in [-0.15, -0.1) is 0 Å². The van der Waals surface area contributed by atoms with Crippen molar-refractivity contribution in [1.29, 1.82) is 0 Å². The summed E-state index contributed by atoms with van der Waals surface area (Å²) in [4.78, 5) is 35.9. The predicted octanol–water partition coefficient (Wildman–Crippen LogP) is 2.15. The van der Waals surface area contributed by atoms with E-state index in [0.29, 0.717) is 21.9 Å². The molecule has 0 unspecified atom stereocenters. The van der Waals surface area contributed by atoms with E-state index in [2.05, 4.69) is 0 Å². The minimum absolute atomic E-state index is 0.0612. The number of hydrogen-bond acceptors (Lipinski definition) is 5. The number of hydrogen-bond donors (Lipinski definition) is 0. The molecule has 0 aliphatic heterocycles. The van der Waals surface area contributed by atoms with Crippen LogP contribution < -0.4 is 11.2 Å². The average molecular weight is 363 g/mol. The summed E-state index contributed by atoms with van der Waals surface area (Å²) in [6.45, 7) is 1.50. The topological polar surface area (TPSA) is 83.4 Å². The zero-order valence-corrected chi connectivity index (χ0v) is 14.6. The Labute approximate surface area is 147 Å². The standard InChI is InChI=1S/C17H15ClN2O5/c1-9-12-6-10(18)4-5-13(12)25-15(9)16(22)24-8-11-7-14(21)20(3)17(23)19(11)2/h4-7H,8H2,1-3H3. The highest BCUT2D eigenvalue weighted by Crippen LogP contribution is 2.28. The molecule has 2 heterocycles. The summed E-state index contributed by atoms with van der Waals surface area (Å²) in [6.07, 6.45) is 0. The first kappa shape index (κ1) is 17.0. The number of nitrogens with zero attached hydrogens (tertiary/aromatic N) is 2. The van der Waals surface area contributed by atoms with E-state index < -0.39 is 17.2 Å². The molecule has 8 heteroatoms. The third kappa shape index (κ3) is 2.98. The predicted molar refractivity (Wildman–Crippen MR) is 92.0 cm³/mol. The number of rotatable bonds is 3. The number of halogens is 1. The van der Waals surface area contributed by atoms with Crippen LogP contribution in [-0.4, -0.2) is 15.1 Å². The summed E-state index contributed by atoms with van der Waals surface area (Å²) >= 11 is 5.96. The highest BCUT2D eigenvalue weighted by molar-refractivity contribution is 6.31. The average Bonchev–Trinajstić information content (AvgIpc) is 2.91. The molecule has 0 fully saturated rings. The number of benzene rings is 1. The minimum Gasteiger partial charge on any atom is -0.453 e. The van der Waals surface area contributed by atoms with Crippen LogP contribution in [0.1, 0.15) is 21.8 Å². The highest BCUT2D eigenvalue weighted by atomic mass is 35.5. The van der Waals surface area contributed by atoms with E-state index in [4.69, 9.17) is 20.8 Å². The second-order valence-corrected chi connectivity index (χ2v) is 6.08. The van der Waals surface area contributed by atoms with Crippen LogP contribution in [-0.2, 0) is 25.4 Å². The van der Waals surface area contributed by atoms with Crippen molar-refractivity contribution >= 4 is 28.5 Å². The lowest BCUT2D eigenvalue weighted by Crippen LogP contribution is -2.38. The molecule has 0 saturated carbocycles. The van der Waals surface area contributed by atoms with Crippen molar-refractivity contribution in [3.63, 3.8) is 0 Å². The van der Waals surface area contributed by atoms with E-state index in [-0.39, 0.29) is 12.4 Å². The first-order chi connectivity index (χ1) is 11.8. The van der Waals surface area contributed by atoms with Crippen molar-refractivity contribution in [2.75, 3.05) is 0 Å². The Morgan fingerprint density at radius 2 is 1.92 bits per heavy atom. The van der Waals surface area contributed by atoms with Crippen molar-refractivity contribution in [2.24, 2.45) is 14.1 Å². The van der Waals surface area contributed by atoms with Gasteiger partial charge in [0.15, 0.2) is 0 Å². The molecule has 3 aromatic rings.